The number of nitrogens with one attached hydrogen (secondary N) is 8. The maximum atomic E-state index is 15.7. The minimum atomic E-state index is -2.04. The lowest BCUT2D eigenvalue weighted by atomic mass is 9.81. The van der Waals surface area contributed by atoms with Crippen LogP contribution in [0.1, 0.15) is 122 Å². The van der Waals surface area contributed by atoms with E-state index in [1.807, 2.05) is 0 Å². The second-order valence-corrected chi connectivity index (χ2v) is 28.7. The van der Waals surface area contributed by atoms with Crippen LogP contribution in [0.2, 0.25) is 0 Å². The smallest absolute Gasteiger partial charge is 0.343 e. The molecule has 9 N–H and O–H groups in total. The van der Waals surface area contributed by atoms with E-state index in [1.54, 1.807) is 50.4 Å². The molecule has 2 aromatic carbocycles. The molecular weight excluding hydrogens is 1490 g/mol. The number of ether oxygens (including phenoxy) is 10. The van der Waals surface area contributed by atoms with Crippen LogP contribution in [0.5, 0.6) is 0 Å². The first-order valence-electron chi connectivity index (χ1n) is 39.0. The van der Waals surface area contributed by atoms with Gasteiger partial charge in [0.15, 0.2) is 5.60 Å². The molecule has 114 heavy (non-hydrogen) atoms. The highest BCUT2D eigenvalue weighted by molar-refractivity contribution is 6.13. The molecule has 2 aromatic heterocycles. The van der Waals surface area contributed by atoms with Crippen LogP contribution in [0.4, 0.5) is 4.39 Å². The standard InChI is InChI=1S/C79H104FN11O23/c1-49-53-16-17-58(71-54-46-91-62(72(54)88-60(70(53)71)41-57(49)80)40-56-55(77(91)102)47-113-78(103)79(56,104)42-51-12-13-51)89-76(101)73(52-14-15-52)114-48-85-66(95)44-84-75(100)61(39-50-9-5-3-6-10-50)87-67(96)45-83-65(94)43-82-63(92)19-18-59(86-64(93)11-7-4-8-23-90-68(97)20-21-69(90)98)74(99)81-22-24-106-27-28-108-31-32-110-35-36-112-38-37-111-34-33-109-30-29-107-26-25-105-2/h3,5-6,9-10,20-21,40-41,51-52,58-59,61,73,104H,4,7-8,11-19,22-39,42-48H2,1-2H3,(H,81,99)(H,82,92)(H,83,94)(H,84,100)(H,85,95)(H,86,93)(H,87,96)(H,89,101)/t58-,59-,61-,73-,79-/m0/s1. The molecule has 3 aliphatic carbocycles. The summed E-state index contributed by atoms with van der Waals surface area (Å²) in [7, 11) is 1.61. The predicted octanol–water partition coefficient (Wildman–Crippen LogP) is 0.595. The van der Waals surface area contributed by atoms with Crippen LogP contribution in [-0.2, 0) is 132 Å². The Morgan fingerprint density at radius 3 is 1.87 bits per heavy atom. The van der Waals surface area contributed by atoms with Crippen LogP contribution in [0, 0.1) is 24.6 Å². The molecule has 0 saturated heterocycles. The van der Waals surface area contributed by atoms with E-state index in [0.717, 1.165) is 23.3 Å². The van der Waals surface area contributed by atoms with Crippen molar-refractivity contribution in [2.24, 2.45) is 11.8 Å². The molecule has 0 radical (unpaired) electrons. The van der Waals surface area contributed by atoms with Crippen LogP contribution >= 0.6 is 0 Å². The summed E-state index contributed by atoms with van der Waals surface area (Å²) in [5.74, 6) is -7.44. The number of hydrogen-bond acceptors (Lipinski definition) is 24. The molecule has 35 heteroatoms. The summed E-state index contributed by atoms with van der Waals surface area (Å²) in [5, 5.41) is 33.7. The highest BCUT2D eigenvalue weighted by atomic mass is 19.1. The molecule has 620 valence electrons. The minimum Gasteiger partial charge on any atom is -0.458 e. The second kappa shape index (κ2) is 43.8. The van der Waals surface area contributed by atoms with Gasteiger partial charge in [-0.05, 0) is 98.4 Å². The lowest BCUT2D eigenvalue weighted by Gasteiger charge is -2.32. The normalized spacial score (nSPS) is 17.3. The van der Waals surface area contributed by atoms with E-state index in [9.17, 15) is 62.6 Å². The number of methoxy groups -OCH3 is 1. The van der Waals surface area contributed by atoms with Gasteiger partial charge < -0.3 is 99.6 Å². The third-order valence-corrected chi connectivity index (χ3v) is 20.3. The van der Waals surface area contributed by atoms with Crippen molar-refractivity contribution in [2.75, 3.05) is 146 Å². The molecule has 6 aliphatic rings. The molecule has 0 spiro atoms. The van der Waals surface area contributed by atoms with Crippen molar-refractivity contribution in [1.29, 1.82) is 0 Å². The van der Waals surface area contributed by atoms with Gasteiger partial charge in [0, 0.05) is 74.2 Å². The van der Waals surface area contributed by atoms with Gasteiger partial charge in [-0.3, -0.25) is 57.6 Å². The number of aromatic nitrogens is 2. The number of halogens is 1. The fourth-order valence-electron chi connectivity index (χ4n) is 13.9. The van der Waals surface area contributed by atoms with Gasteiger partial charge in [-0.1, -0.05) is 49.6 Å². The summed E-state index contributed by atoms with van der Waals surface area (Å²) in [6.07, 6.45) is 5.99. The zero-order valence-electron chi connectivity index (χ0n) is 64.5. The highest BCUT2D eigenvalue weighted by Crippen LogP contribution is 2.48. The van der Waals surface area contributed by atoms with Gasteiger partial charge in [0.1, 0.15) is 37.3 Å². The Balaban J connectivity index is 0.635. The number of nitrogens with zero attached hydrogens (tertiary/aromatic N) is 3. The summed E-state index contributed by atoms with van der Waals surface area (Å²) < 4.78 is 72.0. The van der Waals surface area contributed by atoms with Gasteiger partial charge in [-0.25, -0.2) is 14.2 Å². The topological polar surface area (TPSA) is 435 Å². The van der Waals surface area contributed by atoms with Gasteiger partial charge >= 0.3 is 5.97 Å². The number of aryl methyl sites for hydroxylation is 1. The lowest BCUT2D eigenvalue weighted by molar-refractivity contribution is -0.173. The highest BCUT2D eigenvalue weighted by Gasteiger charge is 2.50. The molecule has 0 unspecified atom stereocenters. The van der Waals surface area contributed by atoms with Crippen LogP contribution < -0.4 is 48.1 Å². The number of hydrogen-bond donors (Lipinski definition) is 9. The van der Waals surface area contributed by atoms with Crippen molar-refractivity contribution < 1.29 is 110 Å². The summed E-state index contributed by atoms with van der Waals surface area (Å²) >= 11 is 0. The Bertz CT molecular complexity index is 4140. The molecule has 5 heterocycles. The van der Waals surface area contributed by atoms with Crippen LogP contribution in [0.15, 0.2) is 59.4 Å². The number of amides is 10. The van der Waals surface area contributed by atoms with Gasteiger partial charge in [-0.2, -0.15) is 0 Å². The van der Waals surface area contributed by atoms with Crippen molar-refractivity contribution in [3.63, 3.8) is 0 Å². The van der Waals surface area contributed by atoms with E-state index in [2.05, 4.69) is 42.5 Å². The minimum absolute atomic E-state index is 0.000993. The third kappa shape index (κ3) is 25.2. The first kappa shape index (κ1) is 86.8. The summed E-state index contributed by atoms with van der Waals surface area (Å²) in [5.41, 5.74) is 1.96. The molecule has 0 bridgehead atoms. The van der Waals surface area contributed by atoms with Crippen LogP contribution in [0.3, 0.4) is 0 Å². The number of pyridine rings is 2. The zero-order chi connectivity index (χ0) is 80.9. The largest absolute Gasteiger partial charge is 0.458 e. The van der Waals surface area contributed by atoms with Gasteiger partial charge in [0.2, 0.25) is 47.3 Å². The Hall–Kier alpha value is -9.56. The lowest BCUT2D eigenvalue weighted by Crippen LogP contribution is -2.52. The van der Waals surface area contributed by atoms with E-state index in [4.69, 9.17) is 52.4 Å². The number of aliphatic hydroxyl groups is 1. The van der Waals surface area contributed by atoms with Gasteiger partial charge in [-0.15, -0.1) is 0 Å². The Kier molecular flexibility index (Phi) is 33.4. The number of carbonyl (C=O) groups is 11. The van der Waals surface area contributed by atoms with Crippen molar-refractivity contribution in [3.8, 4) is 11.4 Å². The number of rotatable bonds is 53. The van der Waals surface area contributed by atoms with Gasteiger partial charge in [0.05, 0.1) is 154 Å². The molecular formula is C79H104FN11O23. The van der Waals surface area contributed by atoms with E-state index < -0.39 is 133 Å². The SMILES string of the molecule is COCCOCCOCCOCCOCCOCCOCCOCCNC(=O)[C@H](CCC(=O)NCC(=O)NCC(=O)N[C@@H](Cc1ccccc1)C(=O)NCC(=O)NCO[C@H](C(=O)N[C@H]1CCc2c(C)c(F)cc3nc4c(c1c23)Cn1c-4cc2c(c1=O)COC(=O)[C@]2(O)CC1CC1)C1CC1)NC(=O)CCCCCN1C(=O)C=CC1=O. The number of unbranched alkanes of at least 4 members (excludes halogenated alkanes) is 2. The van der Waals surface area contributed by atoms with E-state index in [-0.39, 0.29) is 101 Å². The van der Waals surface area contributed by atoms with E-state index in [0.29, 0.717) is 169 Å². The molecule has 10 rings (SSSR count). The van der Waals surface area contributed by atoms with Gasteiger partial charge in [0.25, 0.3) is 17.4 Å². The van der Waals surface area contributed by atoms with Crippen LogP contribution in [0.25, 0.3) is 22.3 Å². The quantitative estimate of drug-likeness (QED) is 0.0111. The number of esters is 1. The molecule has 2 fully saturated rings. The maximum absolute atomic E-state index is 15.7. The second-order valence-electron chi connectivity index (χ2n) is 28.7. The Morgan fingerprint density at radius 1 is 0.632 bits per heavy atom. The molecule has 4 aromatic rings. The fourth-order valence-corrected chi connectivity index (χ4v) is 13.9. The van der Waals surface area contributed by atoms with Crippen molar-refractivity contribution in [1.82, 2.24) is 57.0 Å². The fraction of sp³-hybridized carbons (Fsp3) is 0.582. The first-order valence-corrected chi connectivity index (χ1v) is 39.0. The zero-order valence-corrected chi connectivity index (χ0v) is 64.5. The average Bonchev–Trinajstić information content (AvgIpc) is 1.44. The number of benzene rings is 2. The van der Waals surface area contributed by atoms with Crippen LogP contribution in [-0.4, -0.2) is 248 Å². The van der Waals surface area contributed by atoms with E-state index in [1.165, 1.54) is 22.8 Å². The predicted molar refractivity (Wildman–Crippen MR) is 403 cm³/mol. The summed E-state index contributed by atoms with van der Waals surface area (Å²) in [4.78, 5) is 165. The number of cyclic esters (lactones) is 1. The molecule has 10 amide bonds. The number of carbonyl (C=O) groups excluding carboxylic acids is 11. The molecule has 3 aliphatic heterocycles. The summed E-state index contributed by atoms with van der Waals surface area (Å²) in [6.45, 7) is 5.16. The Morgan fingerprint density at radius 2 is 1.23 bits per heavy atom. The van der Waals surface area contributed by atoms with Crippen molar-refractivity contribution in [3.05, 3.63) is 110 Å². The van der Waals surface area contributed by atoms with Crippen molar-refractivity contribution >= 4 is 75.9 Å². The molecule has 2 saturated carbocycles. The Labute approximate surface area is 658 Å². The summed E-state index contributed by atoms with van der Waals surface area (Å²) in [6, 6.07) is 8.56. The maximum Gasteiger partial charge on any atom is 0.343 e. The number of fused-ring (bicyclic) bond motifs is 5. The third-order valence-electron chi connectivity index (χ3n) is 20.3. The first-order chi connectivity index (χ1) is 55.2. The molecule has 34 nitrogen and oxygen atoms in total. The van der Waals surface area contributed by atoms with Crippen molar-refractivity contribution in [2.45, 2.75) is 140 Å². The molecule has 5 atom stereocenters. The average molecular weight is 1590 g/mol. The van der Waals surface area contributed by atoms with E-state index >= 15 is 4.39 Å². The number of imide groups is 1. The monoisotopic (exact) mass is 1590 g/mol.